The van der Waals surface area contributed by atoms with Crippen LogP contribution in [0.3, 0.4) is 0 Å². The summed E-state index contributed by atoms with van der Waals surface area (Å²) in [6.45, 7) is 1.15. The summed E-state index contributed by atoms with van der Waals surface area (Å²) in [6.07, 6.45) is 5.51. The second-order valence-electron chi connectivity index (χ2n) is 7.05. The number of hydrazone groups is 1. The summed E-state index contributed by atoms with van der Waals surface area (Å²) in [5.41, 5.74) is 1.68. The van der Waals surface area contributed by atoms with E-state index in [1.807, 2.05) is 41.4 Å². The molecule has 0 radical (unpaired) electrons. The lowest BCUT2D eigenvalue weighted by molar-refractivity contribution is -0.138. The maximum atomic E-state index is 13.0. The molecule has 0 bridgehead atoms. The number of likely N-dealkylation sites (tertiary alicyclic amines) is 1. The minimum Gasteiger partial charge on any atom is -0.337 e. The van der Waals surface area contributed by atoms with Crippen molar-refractivity contribution in [1.82, 2.24) is 19.7 Å². The molecular weight excluding hydrogens is 342 g/mol. The molecule has 1 atom stereocenters. The fourth-order valence-electron chi connectivity index (χ4n) is 3.84. The van der Waals surface area contributed by atoms with Gasteiger partial charge in [0.05, 0.1) is 6.04 Å². The summed E-state index contributed by atoms with van der Waals surface area (Å²) in [7, 11) is 1.76. The second-order valence-corrected chi connectivity index (χ2v) is 7.05. The maximum absolute atomic E-state index is 13.0. The van der Waals surface area contributed by atoms with Crippen molar-refractivity contribution in [2.75, 3.05) is 13.1 Å². The third kappa shape index (κ3) is 3.37. The first-order valence-corrected chi connectivity index (χ1v) is 9.33. The molecule has 0 saturated carbocycles. The van der Waals surface area contributed by atoms with Gasteiger partial charge in [0, 0.05) is 44.9 Å². The molecule has 4 rings (SSSR count). The van der Waals surface area contributed by atoms with E-state index in [4.69, 9.17) is 0 Å². The monoisotopic (exact) mass is 365 g/mol. The molecule has 2 aromatic rings. The largest absolute Gasteiger partial charge is 0.337 e. The lowest BCUT2D eigenvalue weighted by Crippen LogP contribution is -2.43. The molecule has 7 nitrogen and oxygen atoms in total. The molecular formula is C20H23N5O2. The summed E-state index contributed by atoms with van der Waals surface area (Å²) in [5.74, 6) is -0.0606. The summed E-state index contributed by atoms with van der Waals surface area (Å²) in [4.78, 5) is 27.4. The minimum absolute atomic E-state index is 0.0206. The number of aryl methyl sites for hydroxylation is 1. The van der Waals surface area contributed by atoms with Crippen molar-refractivity contribution < 1.29 is 9.59 Å². The van der Waals surface area contributed by atoms with Crippen molar-refractivity contribution in [1.29, 1.82) is 0 Å². The molecule has 1 aromatic carbocycles. The second kappa shape index (κ2) is 7.34. The van der Waals surface area contributed by atoms with E-state index < -0.39 is 0 Å². The van der Waals surface area contributed by atoms with Gasteiger partial charge >= 0.3 is 0 Å². The fourth-order valence-corrected chi connectivity index (χ4v) is 3.84. The van der Waals surface area contributed by atoms with E-state index in [0.29, 0.717) is 31.6 Å². The Bertz CT molecular complexity index is 852. The smallest absolute Gasteiger partial charge is 0.272 e. The molecule has 7 heteroatoms. The summed E-state index contributed by atoms with van der Waals surface area (Å²) >= 11 is 0. The van der Waals surface area contributed by atoms with Crippen LogP contribution in [0.25, 0.3) is 0 Å². The summed E-state index contributed by atoms with van der Waals surface area (Å²) in [6, 6.07) is 11.7. The molecule has 140 valence electrons. The van der Waals surface area contributed by atoms with Crippen molar-refractivity contribution in [2.24, 2.45) is 18.1 Å². The highest BCUT2D eigenvalue weighted by molar-refractivity contribution is 5.92. The van der Waals surface area contributed by atoms with E-state index in [-0.39, 0.29) is 23.8 Å². The molecule has 2 amide bonds. The molecule has 27 heavy (non-hydrogen) atoms. The predicted octanol–water partition coefficient (Wildman–Crippen LogP) is 2.23. The van der Waals surface area contributed by atoms with Gasteiger partial charge in [-0.3, -0.25) is 14.3 Å². The maximum Gasteiger partial charge on any atom is 0.272 e. The molecule has 1 fully saturated rings. The van der Waals surface area contributed by atoms with Crippen molar-refractivity contribution >= 4 is 18.0 Å². The Labute approximate surface area is 158 Å². The van der Waals surface area contributed by atoms with Gasteiger partial charge in [-0.05, 0) is 24.5 Å². The molecule has 1 unspecified atom stereocenters. The van der Waals surface area contributed by atoms with E-state index in [0.717, 1.165) is 12.0 Å². The molecule has 3 heterocycles. The Kier molecular flexibility index (Phi) is 4.75. The number of carbonyl (C=O) groups excluding carboxylic acids is 2. The fraction of sp³-hybridized carbons (Fsp3) is 0.400. The van der Waals surface area contributed by atoms with Gasteiger partial charge in [0.25, 0.3) is 5.91 Å². The highest BCUT2D eigenvalue weighted by Gasteiger charge is 2.35. The van der Waals surface area contributed by atoms with Crippen LogP contribution in [0.1, 0.15) is 41.4 Å². The average Bonchev–Trinajstić information content (AvgIpc) is 3.37. The van der Waals surface area contributed by atoms with Crippen LogP contribution in [-0.4, -0.2) is 50.8 Å². The summed E-state index contributed by atoms with van der Waals surface area (Å²) in [5, 5.41) is 10.0. The zero-order valence-electron chi connectivity index (χ0n) is 15.4. The average molecular weight is 365 g/mol. The Morgan fingerprint density at radius 2 is 1.81 bits per heavy atom. The quantitative estimate of drug-likeness (QED) is 0.837. The van der Waals surface area contributed by atoms with E-state index in [1.54, 1.807) is 29.0 Å². The minimum atomic E-state index is -0.0953. The number of carbonyl (C=O) groups is 2. The van der Waals surface area contributed by atoms with Crippen molar-refractivity contribution in [3.8, 4) is 0 Å². The Morgan fingerprint density at radius 1 is 1.07 bits per heavy atom. The van der Waals surface area contributed by atoms with Crippen LogP contribution in [0.15, 0.2) is 47.7 Å². The van der Waals surface area contributed by atoms with Gasteiger partial charge in [-0.2, -0.15) is 10.2 Å². The van der Waals surface area contributed by atoms with Gasteiger partial charge in [-0.15, -0.1) is 0 Å². The lowest BCUT2D eigenvalue weighted by Gasteiger charge is -2.33. The predicted molar refractivity (Wildman–Crippen MR) is 101 cm³/mol. The van der Waals surface area contributed by atoms with Crippen LogP contribution >= 0.6 is 0 Å². The van der Waals surface area contributed by atoms with E-state index >= 15 is 0 Å². The van der Waals surface area contributed by atoms with Crippen LogP contribution in [0.2, 0.25) is 0 Å². The van der Waals surface area contributed by atoms with E-state index in [1.165, 1.54) is 0 Å². The third-order valence-corrected chi connectivity index (χ3v) is 5.41. The first-order valence-electron chi connectivity index (χ1n) is 9.33. The first kappa shape index (κ1) is 17.5. The number of nitrogens with zero attached hydrogens (tertiary/aromatic N) is 5. The number of hydrogen-bond acceptors (Lipinski definition) is 4. The van der Waals surface area contributed by atoms with Gasteiger partial charge in [-0.25, -0.2) is 5.01 Å². The molecule has 0 aliphatic carbocycles. The molecule has 1 aromatic heterocycles. The summed E-state index contributed by atoms with van der Waals surface area (Å²) < 4.78 is 1.59. The zero-order valence-corrected chi connectivity index (χ0v) is 15.4. The number of aromatic nitrogens is 2. The van der Waals surface area contributed by atoms with Gasteiger partial charge in [0.15, 0.2) is 0 Å². The lowest BCUT2D eigenvalue weighted by atomic mass is 9.94. The number of hydrogen-bond donors (Lipinski definition) is 0. The molecule has 0 N–H and O–H groups in total. The first-order chi connectivity index (χ1) is 13.1. The number of piperidine rings is 1. The standard InChI is InChI=1S/C20H23N5O2/c1-23-18(8-11-21-23)20(27)24-13-9-16(10-14-24)19(26)25-17(7-12-22-25)15-5-3-2-4-6-15/h2-6,8,11-12,16-17H,7,9-10,13-14H2,1H3. The van der Waals surface area contributed by atoms with E-state index in [2.05, 4.69) is 10.2 Å². The van der Waals surface area contributed by atoms with Gasteiger partial charge in [-0.1, -0.05) is 30.3 Å². The van der Waals surface area contributed by atoms with Crippen molar-refractivity contribution in [3.05, 3.63) is 53.9 Å². The third-order valence-electron chi connectivity index (χ3n) is 5.41. The highest BCUT2D eigenvalue weighted by Crippen LogP contribution is 2.31. The van der Waals surface area contributed by atoms with Gasteiger partial charge < -0.3 is 4.90 Å². The van der Waals surface area contributed by atoms with Crippen LogP contribution < -0.4 is 0 Å². The zero-order chi connectivity index (χ0) is 18.8. The Morgan fingerprint density at radius 3 is 2.48 bits per heavy atom. The van der Waals surface area contributed by atoms with E-state index in [9.17, 15) is 9.59 Å². The Balaban J connectivity index is 1.39. The SMILES string of the molecule is Cn1nccc1C(=O)N1CCC(C(=O)N2N=CCC2c2ccccc2)CC1. The Hall–Kier alpha value is -2.96. The molecule has 0 spiro atoms. The highest BCUT2D eigenvalue weighted by atomic mass is 16.2. The van der Waals surface area contributed by atoms with Crippen LogP contribution in [0.4, 0.5) is 0 Å². The molecule has 1 saturated heterocycles. The topological polar surface area (TPSA) is 70.8 Å². The van der Waals surface area contributed by atoms with Crippen molar-refractivity contribution in [3.63, 3.8) is 0 Å². The number of amides is 2. The molecule has 2 aliphatic heterocycles. The van der Waals surface area contributed by atoms with Crippen LogP contribution in [0, 0.1) is 5.92 Å². The number of rotatable bonds is 3. The van der Waals surface area contributed by atoms with Crippen molar-refractivity contribution in [2.45, 2.75) is 25.3 Å². The number of benzene rings is 1. The molecule has 2 aliphatic rings. The van der Waals surface area contributed by atoms with Crippen LogP contribution in [-0.2, 0) is 11.8 Å². The van der Waals surface area contributed by atoms with Crippen LogP contribution in [0.5, 0.6) is 0 Å². The van der Waals surface area contributed by atoms with Gasteiger partial charge in [0.1, 0.15) is 5.69 Å². The van der Waals surface area contributed by atoms with Gasteiger partial charge in [0.2, 0.25) is 5.91 Å². The normalized spacial score (nSPS) is 20.3.